The molecule has 2 nitrogen and oxygen atoms in total. The summed E-state index contributed by atoms with van der Waals surface area (Å²) in [4.78, 5) is 6.67. The molecule has 15 heavy (non-hydrogen) atoms. The van der Waals surface area contributed by atoms with Gasteiger partial charge < -0.3 is 4.90 Å². The molecule has 1 heterocycles. The topological polar surface area (TPSA) is 16.1 Å². The number of pyridine rings is 1. The molecule has 1 aliphatic rings. The van der Waals surface area contributed by atoms with Gasteiger partial charge in [-0.3, -0.25) is 0 Å². The van der Waals surface area contributed by atoms with Crippen molar-refractivity contribution < 1.29 is 0 Å². The fraction of sp³-hybridized carbons (Fsp3) is 0.545. The molecule has 0 amide bonds. The second-order valence-corrected chi connectivity index (χ2v) is 4.46. The van der Waals surface area contributed by atoms with Crippen molar-refractivity contribution in [1.29, 1.82) is 0 Å². The van der Waals surface area contributed by atoms with Crippen molar-refractivity contribution in [2.75, 3.05) is 11.4 Å². The second kappa shape index (κ2) is 4.58. The summed E-state index contributed by atoms with van der Waals surface area (Å²) in [5.74, 6) is 1.44. The molecule has 0 spiro atoms. The number of hydrogen-bond acceptors (Lipinski definition) is 2. The molecule has 0 saturated heterocycles. The van der Waals surface area contributed by atoms with E-state index in [1.165, 1.54) is 12.8 Å². The van der Waals surface area contributed by atoms with E-state index in [9.17, 15) is 0 Å². The van der Waals surface area contributed by atoms with Gasteiger partial charge >= 0.3 is 0 Å². The Morgan fingerprint density at radius 3 is 2.80 bits per heavy atom. The van der Waals surface area contributed by atoms with Crippen molar-refractivity contribution >= 4 is 29.0 Å². The minimum absolute atomic E-state index is 0.441. The quantitative estimate of drug-likeness (QED) is 0.755. The molecule has 0 radical (unpaired) electrons. The number of nitrogens with zero attached hydrogens (tertiary/aromatic N) is 2. The van der Waals surface area contributed by atoms with Gasteiger partial charge in [0, 0.05) is 24.7 Å². The van der Waals surface area contributed by atoms with Crippen LogP contribution in [0.25, 0.3) is 0 Å². The fourth-order valence-corrected chi connectivity index (χ4v) is 2.18. The zero-order valence-electron chi connectivity index (χ0n) is 8.71. The average molecular weight is 245 g/mol. The van der Waals surface area contributed by atoms with Gasteiger partial charge in [-0.1, -0.05) is 11.6 Å². The zero-order chi connectivity index (χ0) is 10.8. The lowest BCUT2D eigenvalue weighted by atomic mass is 10.3. The average Bonchev–Trinajstić information content (AvgIpc) is 3.06. The fourth-order valence-electron chi connectivity index (χ4n) is 1.72. The van der Waals surface area contributed by atoms with Crippen molar-refractivity contribution in [3.05, 3.63) is 22.8 Å². The second-order valence-electron chi connectivity index (χ2n) is 3.78. The summed E-state index contributed by atoms with van der Waals surface area (Å²) in [5.41, 5.74) is 0.961. The summed E-state index contributed by atoms with van der Waals surface area (Å²) in [7, 11) is 0. The van der Waals surface area contributed by atoms with Crippen LogP contribution in [0, 0.1) is 0 Å². The van der Waals surface area contributed by atoms with Gasteiger partial charge in [-0.2, -0.15) is 0 Å². The monoisotopic (exact) mass is 244 g/mol. The van der Waals surface area contributed by atoms with E-state index in [4.69, 9.17) is 23.2 Å². The number of anilines is 1. The van der Waals surface area contributed by atoms with E-state index in [1.54, 1.807) is 6.20 Å². The first kappa shape index (κ1) is 11.0. The Labute approximate surface area is 100 Å². The van der Waals surface area contributed by atoms with Crippen LogP contribution in [-0.2, 0) is 5.88 Å². The van der Waals surface area contributed by atoms with Gasteiger partial charge in [-0.25, -0.2) is 4.98 Å². The molecule has 0 atom stereocenters. The Balaban J connectivity index is 2.26. The van der Waals surface area contributed by atoms with Crippen LogP contribution in [0.5, 0.6) is 0 Å². The van der Waals surface area contributed by atoms with Crippen LogP contribution >= 0.6 is 23.2 Å². The van der Waals surface area contributed by atoms with Crippen LogP contribution in [0.15, 0.2) is 12.3 Å². The Hall–Kier alpha value is -0.470. The highest BCUT2D eigenvalue weighted by Crippen LogP contribution is 2.31. The summed E-state index contributed by atoms with van der Waals surface area (Å²) >= 11 is 11.8. The molecule has 0 aromatic carbocycles. The van der Waals surface area contributed by atoms with Crippen molar-refractivity contribution in [3.8, 4) is 0 Å². The number of halogens is 2. The molecular formula is C11H14Cl2N2. The third-order valence-corrected chi connectivity index (χ3v) is 3.32. The minimum atomic E-state index is 0.441. The van der Waals surface area contributed by atoms with Crippen LogP contribution in [0.1, 0.15) is 25.3 Å². The third kappa shape index (κ3) is 2.37. The lowest BCUT2D eigenvalue weighted by Gasteiger charge is -2.22. The van der Waals surface area contributed by atoms with E-state index < -0.39 is 0 Å². The van der Waals surface area contributed by atoms with Gasteiger partial charge in [0.05, 0.1) is 5.02 Å². The lowest BCUT2D eigenvalue weighted by molar-refractivity contribution is 0.807. The van der Waals surface area contributed by atoms with Gasteiger partial charge in [0.2, 0.25) is 0 Å². The molecule has 2 rings (SSSR count). The molecule has 0 unspecified atom stereocenters. The van der Waals surface area contributed by atoms with E-state index in [1.807, 2.05) is 6.07 Å². The van der Waals surface area contributed by atoms with E-state index in [0.29, 0.717) is 16.9 Å². The van der Waals surface area contributed by atoms with E-state index in [0.717, 1.165) is 17.9 Å². The Kier molecular flexibility index (Phi) is 3.37. The Morgan fingerprint density at radius 2 is 2.27 bits per heavy atom. The van der Waals surface area contributed by atoms with Gasteiger partial charge in [0.25, 0.3) is 0 Å². The maximum absolute atomic E-state index is 5.97. The van der Waals surface area contributed by atoms with Crippen LogP contribution in [0.2, 0.25) is 5.02 Å². The van der Waals surface area contributed by atoms with Gasteiger partial charge in [-0.05, 0) is 31.4 Å². The van der Waals surface area contributed by atoms with E-state index in [2.05, 4.69) is 16.8 Å². The van der Waals surface area contributed by atoms with Gasteiger partial charge in [0.15, 0.2) is 0 Å². The minimum Gasteiger partial charge on any atom is -0.354 e. The largest absolute Gasteiger partial charge is 0.354 e. The molecule has 0 aliphatic heterocycles. The van der Waals surface area contributed by atoms with Gasteiger partial charge in [0.1, 0.15) is 5.82 Å². The van der Waals surface area contributed by atoms with Crippen LogP contribution in [0.4, 0.5) is 5.82 Å². The maximum atomic E-state index is 5.97. The molecule has 1 aromatic heterocycles. The first-order valence-corrected chi connectivity index (χ1v) is 6.14. The summed E-state index contributed by atoms with van der Waals surface area (Å²) in [6.07, 6.45) is 4.24. The SMILES string of the molecule is CCN(c1cc(CCl)c(Cl)cn1)C1CC1. The van der Waals surface area contributed by atoms with Crippen LogP contribution < -0.4 is 4.90 Å². The highest BCUT2D eigenvalue weighted by molar-refractivity contribution is 6.32. The van der Waals surface area contributed by atoms with E-state index >= 15 is 0 Å². The first-order valence-electron chi connectivity index (χ1n) is 5.23. The highest BCUT2D eigenvalue weighted by Gasteiger charge is 2.28. The summed E-state index contributed by atoms with van der Waals surface area (Å²) in [6, 6.07) is 2.67. The third-order valence-electron chi connectivity index (χ3n) is 2.69. The number of alkyl halides is 1. The molecular weight excluding hydrogens is 231 g/mol. The number of aromatic nitrogens is 1. The van der Waals surface area contributed by atoms with Crippen molar-refractivity contribution in [2.24, 2.45) is 0 Å². The van der Waals surface area contributed by atoms with Crippen molar-refractivity contribution in [2.45, 2.75) is 31.7 Å². The van der Waals surface area contributed by atoms with Crippen LogP contribution in [-0.4, -0.2) is 17.6 Å². The smallest absolute Gasteiger partial charge is 0.129 e. The number of hydrogen-bond donors (Lipinski definition) is 0. The summed E-state index contributed by atoms with van der Waals surface area (Å²) in [5, 5.41) is 0.653. The highest BCUT2D eigenvalue weighted by atomic mass is 35.5. The van der Waals surface area contributed by atoms with E-state index in [-0.39, 0.29) is 0 Å². The van der Waals surface area contributed by atoms with Crippen molar-refractivity contribution in [1.82, 2.24) is 4.98 Å². The molecule has 0 N–H and O–H groups in total. The van der Waals surface area contributed by atoms with Gasteiger partial charge in [-0.15, -0.1) is 11.6 Å². The first-order chi connectivity index (χ1) is 7.26. The standard InChI is InChI=1S/C11H14Cl2N2/c1-2-15(9-3-4-9)11-5-8(6-12)10(13)7-14-11/h5,7,9H,2-4,6H2,1H3. The molecule has 1 aliphatic carbocycles. The molecule has 1 saturated carbocycles. The lowest BCUT2D eigenvalue weighted by Crippen LogP contribution is -2.26. The van der Waals surface area contributed by atoms with Crippen LogP contribution in [0.3, 0.4) is 0 Å². The molecule has 4 heteroatoms. The number of rotatable bonds is 4. The normalized spacial score (nSPS) is 15.4. The summed E-state index contributed by atoms with van der Waals surface area (Å²) in [6.45, 7) is 3.13. The predicted octanol–water partition coefficient (Wildman–Crippen LogP) is 3.46. The molecule has 82 valence electrons. The summed E-state index contributed by atoms with van der Waals surface area (Å²) < 4.78 is 0. The van der Waals surface area contributed by atoms with Crippen molar-refractivity contribution in [3.63, 3.8) is 0 Å². The predicted molar refractivity (Wildman–Crippen MR) is 64.8 cm³/mol. The molecule has 1 aromatic rings. The maximum Gasteiger partial charge on any atom is 0.129 e. The molecule has 1 fully saturated rings. The Bertz CT molecular complexity index is 350. The zero-order valence-corrected chi connectivity index (χ0v) is 10.2. The molecule has 0 bridgehead atoms. The Morgan fingerprint density at radius 1 is 1.53 bits per heavy atom.